The molecule has 0 radical (unpaired) electrons. The van der Waals surface area contributed by atoms with Gasteiger partial charge >= 0.3 is 5.97 Å². The summed E-state index contributed by atoms with van der Waals surface area (Å²) >= 11 is 0. The van der Waals surface area contributed by atoms with E-state index in [-0.39, 0.29) is 12.3 Å². The molecule has 1 N–H and O–H groups in total. The molecule has 0 fully saturated rings. The van der Waals surface area contributed by atoms with E-state index in [1.165, 1.54) is 0 Å². The summed E-state index contributed by atoms with van der Waals surface area (Å²) in [5.74, 6) is -0.272. The van der Waals surface area contributed by atoms with E-state index in [1.807, 2.05) is 42.5 Å². The van der Waals surface area contributed by atoms with Crippen LogP contribution in [0.5, 0.6) is 5.75 Å². The van der Waals surface area contributed by atoms with Crippen molar-refractivity contribution in [1.29, 1.82) is 0 Å². The fourth-order valence-electron chi connectivity index (χ4n) is 1.83. The Balaban J connectivity index is 2.04. The molecule has 1 unspecified atom stereocenters. The lowest BCUT2D eigenvalue weighted by Crippen LogP contribution is -2.14. The molecule has 4 nitrogen and oxygen atoms in total. The van der Waals surface area contributed by atoms with Gasteiger partial charge in [0.15, 0.2) is 0 Å². The van der Waals surface area contributed by atoms with Gasteiger partial charge in [-0.2, -0.15) is 0 Å². The number of aromatic nitrogens is 1. The number of nitrogens with zero attached hydrogens (tertiary/aromatic N) is 1. The fourth-order valence-corrected chi connectivity index (χ4v) is 1.83. The van der Waals surface area contributed by atoms with Gasteiger partial charge in [-0.25, -0.2) is 0 Å². The molecule has 0 saturated heterocycles. The molecule has 98 valence electrons. The van der Waals surface area contributed by atoms with Crippen LogP contribution in [0.1, 0.15) is 17.9 Å². The minimum Gasteiger partial charge on any atom is -0.493 e. The van der Waals surface area contributed by atoms with Gasteiger partial charge in [-0.15, -0.1) is 0 Å². The number of aliphatic carboxylic acids is 1. The number of carbonyl (C=O) groups is 1. The fraction of sp³-hybridized carbons (Fsp3) is 0.200. The first kappa shape index (κ1) is 13.1. The first-order chi connectivity index (χ1) is 9.25. The number of carboxylic acids is 1. The second-order valence-electron chi connectivity index (χ2n) is 4.20. The van der Waals surface area contributed by atoms with Crippen molar-refractivity contribution in [2.24, 2.45) is 0 Å². The molecule has 0 aliphatic rings. The summed E-state index contributed by atoms with van der Waals surface area (Å²) in [6.45, 7) is 0.334. The predicted molar refractivity (Wildman–Crippen MR) is 71.2 cm³/mol. The van der Waals surface area contributed by atoms with Crippen LogP contribution in [0.2, 0.25) is 0 Å². The number of hydrogen-bond donors (Lipinski definition) is 1. The molecule has 0 amide bonds. The molecule has 19 heavy (non-hydrogen) atoms. The summed E-state index contributed by atoms with van der Waals surface area (Å²) in [6, 6.07) is 13.0. The molecule has 2 rings (SSSR count). The lowest BCUT2D eigenvalue weighted by Gasteiger charge is -2.16. The van der Waals surface area contributed by atoms with Gasteiger partial charge in [0.2, 0.25) is 0 Å². The van der Waals surface area contributed by atoms with E-state index in [9.17, 15) is 4.79 Å². The SMILES string of the molecule is O=C(O)CC(COc1ccccc1)c1ccncc1. The molecule has 1 aromatic heterocycles. The van der Waals surface area contributed by atoms with Gasteiger partial charge in [-0.05, 0) is 29.8 Å². The smallest absolute Gasteiger partial charge is 0.304 e. The number of carboxylic acid groups (broad SMARTS) is 1. The molecule has 1 atom stereocenters. The van der Waals surface area contributed by atoms with Crippen LogP contribution in [-0.4, -0.2) is 22.7 Å². The molecular weight excluding hydrogens is 242 g/mol. The van der Waals surface area contributed by atoms with Crippen molar-refractivity contribution < 1.29 is 14.6 Å². The van der Waals surface area contributed by atoms with Gasteiger partial charge in [0, 0.05) is 18.3 Å². The molecule has 4 heteroatoms. The van der Waals surface area contributed by atoms with Gasteiger partial charge in [0.25, 0.3) is 0 Å². The van der Waals surface area contributed by atoms with Crippen LogP contribution in [0.4, 0.5) is 0 Å². The van der Waals surface area contributed by atoms with Crippen LogP contribution < -0.4 is 4.74 Å². The Morgan fingerprint density at radius 1 is 1.16 bits per heavy atom. The zero-order valence-corrected chi connectivity index (χ0v) is 10.4. The van der Waals surface area contributed by atoms with Crippen molar-refractivity contribution in [2.75, 3.05) is 6.61 Å². The Morgan fingerprint density at radius 3 is 2.47 bits per heavy atom. The molecule has 2 aromatic rings. The molecule has 1 aromatic carbocycles. The quantitative estimate of drug-likeness (QED) is 0.864. The molecular formula is C15H15NO3. The molecule has 0 aliphatic heterocycles. The van der Waals surface area contributed by atoms with Crippen LogP contribution >= 0.6 is 0 Å². The van der Waals surface area contributed by atoms with Crippen molar-refractivity contribution in [1.82, 2.24) is 4.98 Å². The molecule has 1 heterocycles. The van der Waals surface area contributed by atoms with Crippen LogP contribution in [0.15, 0.2) is 54.9 Å². The zero-order valence-electron chi connectivity index (χ0n) is 10.4. The van der Waals surface area contributed by atoms with E-state index >= 15 is 0 Å². The second kappa shape index (κ2) is 6.54. The highest BCUT2D eigenvalue weighted by Gasteiger charge is 2.16. The van der Waals surface area contributed by atoms with Gasteiger partial charge < -0.3 is 9.84 Å². The van der Waals surface area contributed by atoms with Crippen LogP contribution in [0.3, 0.4) is 0 Å². The number of para-hydroxylation sites is 1. The van der Waals surface area contributed by atoms with E-state index in [0.29, 0.717) is 6.61 Å². The lowest BCUT2D eigenvalue weighted by atomic mass is 9.98. The maximum Gasteiger partial charge on any atom is 0.304 e. The van der Waals surface area contributed by atoms with E-state index in [0.717, 1.165) is 11.3 Å². The average molecular weight is 257 g/mol. The average Bonchev–Trinajstić information content (AvgIpc) is 2.45. The Morgan fingerprint density at radius 2 is 1.84 bits per heavy atom. The van der Waals surface area contributed by atoms with Crippen molar-refractivity contribution in [3.63, 3.8) is 0 Å². The summed E-state index contributed by atoms with van der Waals surface area (Å²) in [4.78, 5) is 14.9. The Labute approximate surface area is 111 Å². The lowest BCUT2D eigenvalue weighted by molar-refractivity contribution is -0.137. The summed E-state index contributed by atoms with van der Waals surface area (Å²) in [6.07, 6.45) is 3.36. The van der Waals surface area contributed by atoms with E-state index in [1.54, 1.807) is 12.4 Å². The van der Waals surface area contributed by atoms with Gasteiger partial charge in [-0.1, -0.05) is 18.2 Å². The third-order valence-electron chi connectivity index (χ3n) is 2.79. The standard InChI is InChI=1S/C15H15NO3/c17-15(18)10-13(12-6-8-16-9-7-12)11-19-14-4-2-1-3-5-14/h1-9,13H,10-11H2,(H,17,18). The topological polar surface area (TPSA) is 59.4 Å². The Kier molecular flexibility index (Phi) is 4.50. The minimum absolute atomic E-state index is 0.0385. The predicted octanol–water partition coefficient (Wildman–Crippen LogP) is 2.72. The molecule has 0 aliphatic carbocycles. The maximum absolute atomic E-state index is 10.9. The van der Waals surface area contributed by atoms with Crippen molar-refractivity contribution >= 4 is 5.97 Å². The molecule has 0 saturated carbocycles. The maximum atomic E-state index is 10.9. The number of rotatable bonds is 6. The Bertz CT molecular complexity index is 513. The molecule has 0 bridgehead atoms. The van der Waals surface area contributed by atoms with Gasteiger partial charge in [-0.3, -0.25) is 9.78 Å². The van der Waals surface area contributed by atoms with E-state index < -0.39 is 5.97 Å². The number of hydrogen-bond acceptors (Lipinski definition) is 3. The summed E-state index contributed by atoms with van der Waals surface area (Å²) in [5.41, 5.74) is 0.924. The second-order valence-corrected chi connectivity index (χ2v) is 4.20. The van der Waals surface area contributed by atoms with E-state index in [4.69, 9.17) is 9.84 Å². The highest BCUT2D eigenvalue weighted by molar-refractivity contribution is 5.68. The van der Waals surface area contributed by atoms with Crippen LogP contribution in [0.25, 0.3) is 0 Å². The first-order valence-corrected chi connectivity index (χ1v) is 6.05. The first-order valence-electron chi connectivity index (χ1n) is 6.05. The minimum atomic E-state index is -0.835. The molecule has 0 spiro atoms. The third kappa shape index (κ3) is 4.10. The van der Waals surface area contributed by atoms with Crippen molar-refractivity contribution in [3.8, 4) is 5.75 Å². The Hall–Kier alpha value is -2.36. The normalized spacial score (nSPS) is 11.8. The van der Waals surface area contributed by atoms with Gasteiger partial charge in [0.1, 0.15) is 5.75 Å². The van der Waals surface area contributed by atoms with Crippen LogP contribution in [-0.2, 0) is 4.79 Å². The summed E-state index contributed by atoms with van der Waals surface area (Å²) in [7, 11) is 0. The van der Waals surface area contributed by atoms with Crippen molar-refractivity contribution in [3.05, 3.63) is 60.4 Å². The monoisotopic (exact) mass is 257 g/mol. The number of pyridine rings is 1. The van der Waals surface area contributed by atoms with E-state index in [2.05, 4.69) is 4.98 Å². The van der Waals surface area contributed by atoms with Crippen LogP contribution in [0, 0.1) is 0 Å². The van der Waals surface area contributed by atoms with Crippen molar-refractivity contribution in [2.45, 2.75) is 12.3 Å². The summed E-state index contributed by atoms with van der Waals surface area (Å²) < 4.78 is 5.64. The number of benzene rings is 1. The number of ether oxygens (including phenoxy) is 1. The zero-order chi connectivity index (χ0) is 13.5. The van der Waals surface area contributed by atoms with Gasteiger partial charge in [0.05, 0.1) is 13.0 Å². The summed E-state index contributed by atoms with van der Waals surface area (Å²) in [5, 5.41) is 8.97. The third-order valence-corrected chi connectivity index (χ3v) is 2.79. The largest absolute Gasteiger partial charge is 0.493 e. The highest BCUT2D eigenvalue weighted by Crippen LogP contribution is 2.21. The highest BCUT2D eigenvalue weighted by atomic mass is 16.5.